The third-order valence-electron chi connectivity index (χ3n) is 4.21. The van der Waals surface area contributed by atoms with Crippen LogP contribution < -0.4 is 15.2 Å². The van der Waals surface area contributed by atoms with Crippen LogP contribution in [0.3, 0.4) is 0 Å². The van der Waals surface area contributed by atoms with Crippen LogP contribution in [0.5, 0.6) is 11.5 Å². The van der Waals surface area contributed by atoms with E-state index < -0.39 is 10.0 Å². The minimum Gasteiger partial charge on any atom is -0.493 e. The van der Waals surface area contributed by atoms with Gasteiger partial charge in [0.15, 0.2) is 11.5 Å². The van der Waals surface area contributed by atoms with Gasteiger partial charge in [-0.1, -0.05) is 0 Å². The SMILES string of the molecule is COc1cc(C)c(S(=O)(=O)N2CC(CN)CC2C)cc1OC. The summed E-state index contributed by atoms with van der Waals surface area (Å²) in [5.74, 6) is 1.15. The van der Waals surface area contributed by atoms with E-state index in [1.807, 2.05) is 6.92 Å². The summed E-state index contributed by atoms with van der Waals surface area (Å²) in [6.45, 7) is 4.65. The summed E-state index contributed by atoms with van der Waals surface area (Å²) in [6, 6.07) is 3.17. The number of rotatable bonds is 5. The van der Waals surface area contributed by atoms with Gasteiger partial charge in [-0.2, -0.15) is 4.31 Å². The average molecular weight is 328 g/mol. The molecule has 6 nitrogen and oxygen atoms in total. The fourth-order valence-corrected chi connectivity index (χ4v) is 4.92. The van der Waals surface area contributed by atoms with E-state index in [0.717, 1.165) is 6.42 Å². The van der Waals surface area contributed by atoms with Gasteiger partial charge >= 0.3 is 0 Å². The fourth-order valence-electron chi connectivity index (χ4n) is 2.98. The normalized spacial score (nSPS) is 22.8. The van der Waals surface area contributed by atoms with Gasteiger partial charge in [-0.3, -0.25) is 0 Å². The second-order valence-electron chi connectivity index (χ2n) is 5.73. The molecule has 2 N–H and O–H groups in total. The molecule has 0 bridgehead atoms. The van der Waals surface area contributed by atoms with Crippen molar-refractivity contribution in [1.29, 1.82) is 0 Å². The van der Waals surface area contributed by atoms with Crippen LogP contribution in [0.25, 0.3) is 0 Å². The van der Waals surface area contributed by atoms with Crippen LogP contribution in [-0.2, 0) is 10.0 Å². The van der Waals surface area contributed by atoms with Gasteiger partial charge in [-0.15, -0.1) is 0 Å². The number of methoxy groups -OCH3 is 2. The standard InChI is InChI=1S/C15H24N2O4S/c1-10-5-13(20-3)14(21-4)7-15(10)22(18,19)17-9-12(8-16)6-11(17)2/h5,7,11-12H,6,8-9,16H2,1-4H3. The van der Waals surface area contributed by atoms with Crippen LogP contribution in [0.2, 0.25) is 0 Å². The van der Waals surface area contributed by atoms with Crippen LogP contribution in [0, 0.1) is 12.8 Å². The van der Waals surface area contributed by atoms with Gasteiger partial charge in [0.1, 0.15) is 0 Å². The highest BCUT2D eigenvalue weighted by molar-refractivity contribution is 7.89. The molecule has 0 radical (unpaired) electrons. The molecule has 0 aromatic heterocycles. The van der Waals surface area contributed by atoms with Crippen molar-refractivity contribution in [1.82, 2.24) is 4.31 Å². The van der Waals surface area contributed by atoms with Crippen molar-refractivity contribution < 1.29 is 17.9 Å². The lowest BCUT2D eigenvalue weighted by Crippen LogP contribution is -2.34. The van der Waals surface area contributed by atoms with Crippen LogP contribution in [0.15, 0.2) is 17.0 Å². The van der Waals surface area contributed by atoms with E-state index in [1.54, 1.807) is 17.3 Å². The molecule has 1 aliphatic rings. The van der Waals surface area contributed by atoms with Gasteiger partial charge in [0.2, 0.25) is 10.0 Å². The topological polar surface area (TPSA) is 81.9 Å². The number of benzene rings is 1. The molecular weight excluding hydrogens is 304 g/mol. The van der Waals surface area contributed by atoms with Gasteiger partial charge in [0, 0.05) is 18.7 Å². The van der Waals surface area contributed by atoms with Crippen LogP contribution in [-0.4, -0.2) is 46.1 Å². The lowest BCUT2D eigenvalue weighted by molar-refractivity contribution is 0.352. The molecule has 2 rings (SSSR count). The molecular formula is C15H24N2O4S. The molecule has 22 heavy (non-hydrogen) atoms. The molecule has 0 saturated carbocycles. The first-order valence-corrected chi connectivity index (χ1v) is 8.73. The largest absolute Gasteiger partial charge is 0.493 e. The maximum Gasteiger partial charge on any atom is 0.243 e. The second-order valence-corrected chi connectivity index (χ2v) is 7.59. The fraction of sp³-hybridized carbons (Fsp3) is 0.600. The second kappa shape index (κ2) is 6.44. The maximum absolute atomic E-state index is 13.0. The van der Waals surface area contributed by atoms with E-state index in [9.17, 15) is 8.42 Å². The highest BCUT2D eigenvalue weighted by Gasteiger charge is 2.38. The van der Waals surface area contributed by atoms with E-state index in [4.69, 9.17) is 15.2 Å². The number of hydrogen-bond acceptors (Lipinski definition) is 5. The van der Waals surface area contributed by atoms with Gasteiger partial charge in [-0.25, -0.2) is 8.42 Å². The number of hydrogen-bond donors (Lipinski definition) is 1. The molecule has 0 spiro atoms. The maximum atomic E-state index is 13.0. The lowest BCUT2D eigenvalue weighted by Gasteiger charge is -2.23. The first-order chi connectivity index (χ1) is 10.3. The zero-order chi connectivity index (χ0) is 16.5. The van der Waals surface area contributed by atoms with Crippen LogP contribution in [0.4, 0.5) is 0 Å². The molecule has 2 atom stereocenters. The summed E-state index contributed by atoms with van der Waals surface area (Å²) >= 11 is 0. The van der Waals surface area contributed by atoms with E-state index >= 15 is 0 Å². The van der Waals surface area contributed by atoms with Crippen molar-refractivity contribution >= 4 is 10.0 Å². The number of sulfonamides is 1. The zero-order valence-corrected chi connectivity index (χ0v) is 14.3. The highest BCUT2D eigenvalue weighted by atomic mass is 32.2. The minimum absolute atomic E-state index is 0.0500. The van der Waals surface area contributed by atoms with Crippen LogP contribution in [0.1, 0.15) is 18.9 Å². The molecule has 0 aliphatic carbocycles. The average Bonchev–Trinajstić information content (AvgIpc) is 2.88. The van der Waals surface area contributed by atoms with Gasteiger partial charge in [0.05, 0.1) is 19.1 Å². The van der Waals surface area contributed by atoms with Crippen molar-refractivity contribution in [2.24, 2.45) is 11.7 Å². The zero-order valence-electron chi connectivity index (χ0n) is 13.5. The van der Waals surface area contributed by atoms with Crippen molar-refractivity contribution in [2.45, 2.75) is 31.2 Å². The molecule has 2 unspecified atom stereocenters. The lowest BCUT2D eigenvalue weighted by atomic mass is 10.1. The Morgan fingerprint density at radius 1 is 1.27 bits per heavy atom. The molecule has 1 saturated heterocycles. The highest BCUT2D eigenvalue weighted by Crippen LogP contribution is 2.36. The Morgan fingerprint density at radius 3 is 2.36 bits per heavy atom. The van der Waals surface area contributed by atoms with Gasteiger partial charge < -0.3 is 15.2 Å². The molecule has 7 heteroatoms. The first kappa shape index (κ1) is 17.1. The van der Waals surface area contributed by atoms with E-state index in [1.165, 1.54) is 20.3 Å². The van der Waals surface area contributed by atoms with E-state index in [-0.39, 0.29) is 16.9 Å². The Kier molecular flexibility index (Phi) is 4.99. The summed E-state index contributed by atoms with van der Waals surface area (Å²) in [4.78, 5) is 0.259. The molecule has 1 fully saturated rings. The number of ether oxygens (including phenoxy) is 2. The molecule has 1 aliphatic heterocycles. The number of nitrogens with two attached hydrogens (primary N) is 1. The van der Waals surface area contributed by atoms with E-state index in [0.29, 0.717) is 30.2 Å². The summed E-state index contributed by atoms with van der Waals surface area (Å²) in [6.07, 6.45) is 0.794. The van der Waals surface area contributed by atoms with Crippen molar-refractivity contribution in [3.63, 3.8) is 0 Å². The van der Waals surface area contributed by atoms with E-state index in [2.05, 4.69) is 0 Å². The Bertz CT molecular complexity index is 645. The molecule has 1 heterocycles. The third kappa shape index (κ3) is 2.93. The predicted molar refractivity (Wildman–Crippen MR) is 84.8 cm³/mol. The minimum atomic E-state index is -3.58. The van der Waals surface area contributed by atoms with Crippen molar-refractivity contribution in [2.75, 3.05) is 27.3 Å². The number of aryl methyl sites for hydroxylation is 1. The monoisotopic (exact) mass is 328 g/mol. The summed E-state index contributed by atoms with van der Waals surface area (Å²) < 4.78 is 38.0. The molecule has 1 aromatic carbocycles. The summed E-state index contributed by atoms with van der Waals surface area (Å²) in [7, 11) is -0.557. The smallest absolute Gasteiger partial charge is 0.243 e. The summed E-state index contributed by atoms with van der Waals surface area (Å²) in [5, 5.41) is 0. The van der Waals surface area contributed by atoms with Crippen molar-refractivity contribution in [3.05, 3.63) is 17.7 Å². The Balaban J connectivity index is 2.46. The molecule has 0 amide bonds. The predicted octanol–water partition coefficient (Wildman–Crippen LogP) is 1.37. The number of nitrogens with zero attached hydrogens (tertiary/aromatic N) is 1. The van der Waals surface area contributed by atoms with Crippen molar-refractivity contribution in [3.8, 4) is 11.5 Å². The first-order valence-electron chi connectivity index (χ1n) is 7.29. The Hall–Kier alpha value is -1.31. The van der Waals surface area contributed by atoms with Gasteiger partial charge in [-0.05, 0) is 44.4 Å². The molecule has 124 valence electrons. The molecule has 1 aromatic rings. The Labute approximate surface area is 132 Å². The van der Waals surface area contributed by atoms with Crippen LogP contribution >= 0.6 is 0 Å². The quantitative estimate of drug-likeness (QED) is 0.883. The third-order valence-corrected chi connectivity index (χ3v) is 6.33. The summed E-state index contributed by atoms with van der Waals surface area (Å²) in [5.41, 5.74) is 6.34. The Morgan fingerprint density at radius 2 is 1.86 bits per heavy atom. The van der Waals surface area contributed by atoms with Gasteiger partial charge in [0.25, 0.3) is 0 Å².